The fraction of sp³-hybridized carbons (Fsp3) is 0.235. The van der Waals surface area contributed by atoms with Crippen molar-refractivity contribution >= 4 is 12.0 Å². The molecule has 0 fully saturated rings. The smallest absolute Gasteiger partial charge is 0.331 e. The largest absolute Gasteiger partial charge is 0.455 e. The summed E-state index contributed by atoms with van der Waals surface area (Å²) in [6.07, 6.45) is 9.84. The van der Waals surface area contributed by atoms with E-state index in [0.29, 0.717) is 0 Å². The van der Waals surface area contributed by atoms with Crippen molar-refractivity contribution in [3.63, 3.8) is 0 Å². The summed E-state index contributed by atoms with van der Waals surface area (Å²) in [6.45, 7) is 4.07. The van der Waals surface area contributed by atoms with Crippen molar-refractivity contribution in [2.75, 3.05) is 0 Å². The number of hydrogen-bond acceptors (Lipinski definition) is 2. The molecule has 0 amide bonds. The summed E-state index contributed by atoms with van der Waals surface area (Å²) in [5.41, 5.74) is 3.41. The summed E-state index contributed by atoms with van der Waals surface area (Å²) in [4.78, 5) is 11.7. The van der Waals surface area contributed by atoms with E-state index in [-0.39, 0.29) is 12.1 Å². The normalized spacial score (nSPS) is 18.4. The average molecular weight is 254 g/mol. The monoisotopic (exact) mass is 254 g/mol. The Balaban J connectivity index is 1.88. The Morgan fingerprint density at radius 2 is 2.00 bits per heavy atom. The van der Waals surface area contributed by atoms with Crippen molar-refractivity contribution in [2.45, 2.75) is 26.4 Å². The molecule has 1 aromatic carbocycles. The molecule has 0 saturated heterocycles. The van der Waals surface area contributed by atoms with Gasteiger partial charge in [-0.3, -0.25) is 0 Å². The standard InChI is InChI=1S/C17H18O2/c1-13-3-7-15(8-4-13)9-12-17(18)19-16-10-5-14(2)6-11-16/h3-10,12,16H,11H2,1-2H3/b12-9+. The van der Waals surface area contributed by atoms with Crippen LogP contribution in [0.1, 0.15) is 24.5 Å². The molecule has 2 nitrogen and oxygen atoms in total. The molecule has 2 heteroatoms. The van der Waals surface area contributed by atoms with Gasteiger partial charge < -0.3 is 4.74 Å². The second kappa shape index (κ2) is 6.19. The van der Waals surface area contributed by atoms with Crippen LogP contribution in [0.4, 0.5) is 0 Å². The maximum Gasteiger partial charge on any atom is 0.331 e. The topological polar surface area (TPSA) is 26.3 Å². The van der Waals surface area contributed by atoms with Crippen molar-refractivity contribution in [1.29, 1.82) is 0 Å². The molecular formula is C17H18O2. The Morgan fingerprint density at radius 1 is 1.26 bits per heavy atom. The lowest BCUT2D eigenvalue weighted by Gasteiger charge is -2.14. The number of carbonyl (C=O) groups excluding carboxylic acids is 1. The zero-order valence-electron chi connectivity index (χ0n) is 11.3. The highest BCUT2D eigenvalue weighted by molar-refractivity contribution is 5.87. The van der Waals surface area contributed by atoms with E-state index in [0.717, 1.165) is 12.0 Å². The second-order valence-corrected chi connectivity index (χ2v) is 4.76. The van der Waals surface area contributed by atoms with Crippen molar-refractivity contribution in [3.05, 3.63) is 65.3 Å². The first-order chi connectivity index (χ1) is 9.13. The van der Waals surface area contributed by atoms with E-state index in [1.807, 2.05) is 50.3 Å². The van der Waals surface area contributed by atoms with Crippen LogP contribution >= 0.6 is 0 Å². The van der Waals surface area contributed by atoms with E-state index in [4.69, 9.17) is 4.74 Å². The van der Waals surface area contributed by atoms with Gasteiger partial charge in [0.1, 0.15) is 6.10 Å². The minimum Gasteiger partial charge on any atom is -0.455 e. The summed E-state index contributed by atoms with van der Waals surface area (Å²) in [6, 6.07) is 7.99. The number of hydrogen-bond donors (Lipinski definition) is 0. The first-order valence-corrected chi connectivity index (χ1v) is 6.44. The Morgan fingerprint density at radius 3 is 2.63 bits per heavy atom. The first-order valence-electron chi connectivity index (χ1n) is 6.44. The van der Waals surface area contributed by atoms with Crippen LogP contribution in [0.5, 0.6) is 0 Å². The predicted octanol–water partition coefficient (Wildman–Crippen LogP) is 3.83. The van der Waals surface area contributed by atoms with E-state index in [1.54, 1.807) is 6.08 Å². The molecule has 1 unspecified atom stereocenters. The van der Waals surface area contributed by atoms with E-state index < -0.39 is 0 Å². The van der Waals surface area contributed by atoms with Gasteiger partial charge in [0.15, 0.2) is 0 Å². The molecule has 98 valence electrons. The molecule has 0 spiro atoms. The van der Waals surface area contributed by atoms with Crippen LogP contribution in [0, 0.1) is 6.92 Å². The van der Waals surface area contributed by atoms with Crippen LogP contribution in [-0.4, -0.2) is 12.1 Å². The highest BCUT2D eigenvalue weighted by atomic mass is 16.5. The first kappa shape index (κ1) is 13.3. The predicted molar refractivity (Wildman–Crippen MR) is 77.6 cm³/mol. The Labute approximate surface area is 114 Å². The molecular weight excluding hydrogens is 236 g/mol. The van der Waals surface area contributed by atoms with Gasteiger partial charge in [-0.25, -0.2) is 4.79 Å². The fourth-order valence-electron chi connectivity index (χ4n) is 1.83. The summed E-state index contributed by atoms with van der Waals surface area (Å²) in [5, 5.41) is 0. The van der Waals surface area contributed by atoms with Gasteiger partial charge in [-0.05, 0) is 31.6 Å². The lowest BCUT2D eigenvalue weighted by Crippen LogP contribution is -2.15. The van der Waals surface area contributed by atoms with Crippen molar-refractivity contribution in [3.8, 4) is 0 Å². The Bertz CT molecular complexity index is 533. The highest BCUT2D eigenvalue weighted by Crippen LogP contribution is 2.13. The minimum absolute atomic E-state index is 0.140. The molecule has 19 heavy (non-hydrogen) atoms. The van der Waals surface area contributed by atoms with E-state index in [2.05, 4.69) is 6.08 Å². The van der Waals surface area contributed by atoms with Gasteiger partial charge in [0.25, 0.3) is 0 Å². The van der Waals surface area contributed by atoms with Crippen LogP contribution in [-0.2, 0) is 9.53 Å². The minimum atomic E-state index is -0.303. The summed E-state index contributed by atoms with van der Waals surface area (Å²) < 4.78 is 5.33. The van der Waals surface area contributed by atoms with Gasteiger partial charge in [0, 0.05) is 12.5 Å². The van der Waals surface area contributed by atoms with Gasteiger partial charge in [-0.15, -0.1) is 0 Å². The zero-order chi connectivity index (χ0) is 13.7. The SMILES string of the molecule is CC1=CCC(OC(=O)/C=C/c2ccc(C)cc2)C=C1. The van der Waals surface area contributed by atoms with E-state index in [1.165, 1.54) is 17.2 Å². The lowest BCUT2D eigenvalue weighted by atomic mass is 10.1. The van der Waals surface area contributed by atoms with Crippen LogP contribution in [0.25, 0.3) is 6.08 Å². The third kappa shape index (κ3) is 4.25. The van der Waals surface area contributed by atoms with Gasteiger partial charge in [0.05, 0.1) is 0 Å². The number of aryl methyl sites for hydroxylation is 1. The molecule has 1 aliphatic carbocycles. The van der Waals surface area contributed by atoms with E-state index in [9.17, 15) is 4.79 Å². The molecule has 0 heterocycles. The third-order valence-electron chi connectivity index (χ3n) is 3.00. The quantitative estimate of drug-likeness (QED) is 0.605. The van der Waals surface area contributed by atoms with Crippen molar-refractivity contribution in [1.82, 2.24) is 0 Å². The van der Waals surface area contributed by atoms with Gasteiger partial charge >= 0.3 is 5.97 Å². The highest BCUT2D eigenvalue weighted by Gasteiger charge is 2.10. The molecule has 0 saturated carbocycles. The van der Waals surface area contributed by atoms with Gasteiger partial charge in [-0.2, -0.15) is 0 Å². The molecule has 0 N–H and O–H groups in total. The molecule has 0 aliphatic heterocycles. The van der Waals surface area contributed by atoms with Crippen LogP contribution in [0.2, 0.25) is 0 Å². The number of carbonyl (C=O) groups is 1. The number of allylic oxidation sites excluding steroid dienone is 2. The summed E-state index contributed by atoms with van der Waals surface area (Å²) >= 11 is 0. The van der Waals surface area contributed by atoms with Crippen molar-refractivity contribution < 1.29 is 9.53 Å². The van der Waals surface area contributed by atoms with Gasteiger partial charge in [0.2, 0.25) is 0 Å². The molecule has 1 aliphatic rings. The number of ether oxygens (including phenoxy) is 1. The van der Waals surface area contributed by atoms with Crippen LogP contribution < -0.4 is 0 Å². The number of benzene rings is 1. The molecule has 1 atom stereocenters. The Hall–Kier alpha value is -2.09. The fourth-order valence-corrected chi connectivity index (χ4v) is 1.83. The van der Waals surface area contributed by atoms with Crippen LogP contribution in [0.15, 0.2) is 54.1 Å². The maximum absolute atomic E-state index is 11.7. The molecule has 1 aromatic rings. The molecule has 0 aromatic heterocycles. The number of esters is 1. The zero-order valence-corrected chi connectivity index (χ0v) is 11.3. The third-order valence-corrected chi connectivity index (χ3v) is 3.00. The Kier molecular flexibility index (Phi) is 4.35. The van der Waals surface area contributed by atoms with E-state index >= 15 is 0 Å². The second-order valence-electron chi connectivity index (χ2n) is 4.76. The molecule has 2 rings (SSSR count). The van der Waals surface area contributed by atoms with Crippen molar-refractivity contribution in [2.24, 2.45) is 0 Å². The average Bonchev–Trinajstić information content (AvgIpc) is 2.41. The molecule has 0 radical (unpaired) electrons. The van der Waals surface area contributed by atoms with Gasteiger partial charge in [-0.1, -0.05) is 47.6 Å². The number of rotatable bonds is 3. The van der Waals surface area contributed by atoms with Crippen LogP contribution in [0.3, 0.4) is 0 Å². The maximum atomic E-state index is 11.7. The summed E-state index contributed by atoms with van der Waals surface area (Å²) in [5.74, 6) is -0.303. The lowest BCUT2D eigenvalue weighted by molar-refractivity contribution is -0.140. The molecule has 0 bridgehead atoms. The summed E-state index contributed by atoms with van der Waals surface area (Å²) in [7, 11) is 0.